The molecule has 5 nitrogen and oxygen atoms in total. The first-order valence-corrected chi connectivity index (χ1v) is 9.86. The number of carbonyl (C=O) groups is 1. The molecule has 25 heavy (non-hydrogen) atoms. The zero-order chi connectivity index (χ0) is 17.5. The van der Waals surface area contributed by atoms with Gasteiger partial charge in [0.25, 0.3) is 0 Å². The van der Waals surface area contributed by atoms with E-state index in [4.69, 9.17) is 0 Å². The van der Waals surface area contributed by atoms with Crippen LogP contribution in [0.2, 0.25) is 0 Å². The molecule has 1 aliphatic heterocycles. The SMILES string of the molecule is CC1(CNC(=O)NCc2ccnc(N3CCCCCC3)c2)CCCC1. The average molecular weight is 345 g/mol. The van der Waals surface area contributed by atoms with Crippen LogP contribution in [-0.4, -0.2) is 30.6 Å². The Bertz CT molecular complexity index is 561. The number of nitrogens with one attached hydrogen (secondary N) is 2. The third-order valence-corrected chi connectivity index (χ3v) is 5.68. The lowest BCUT2D eigenvalue weighted by Gasteiger charge is -2.24. The third-order valence-electron chi connectivity index (χ3n) is 5.68. The maximum absolute atomic E-state index is 12.1. The van der Waals surface area contributed by atoms with Crippen molar-refractivity contribution in [3.05, 3.63) is 23.9 Å². The monoisotopic (exact) mass is 344 g/mol. The molecule has 0 atom stereocenters. The van der Waals surface area contributed by atoms with Crippen molar-refractivity contribution in [1.29, 1.82) is 0 Å². The topological polar surface area (TPSA) is 57.3 Å². The molecule has 1 aliphatic carbocycles. The summed E-state index contributed by atoms with van der Waals surface area (Å²) in [6.07, 6.45) is 12.0. The molecule has 2 amide bonds. The Morgan fingerprint density at radius 2 is 1.84 bits per heavy atom. The molecule has 2 heterocycles. The van der Waals surface area contributed by atoms with E-state index in [9.17, 15) is 4.79 Å². The van der Waals surface area contributed by atoms with E-state index in [0.29, 0.717) is 6.54 Å². The lowest BCUT2D eigenvalue weighted by molar-refractivity contribution is 0.231. The maximum atomic E-state index is 12.1. The highest BCUT2D eigenvalue weighted by molar-refractivity contribution is 5.73. The molecule has 5 heteroatoms. The quantitative estimate of drug-likeness (QED) is 0.853. The van der Waals surface area contributed by atoms with Gasteiger partial charge < -0.3 is 15.5 Å². The van der Waals surface area contributed by atoms with E-state index in [2.05, 4.69) is 33.5 Å². The number of aromatic nitrogens is 1. The second-order valence-electron chi connectivity index (χ2n) is 7.98. The average Bonchev–Trinajstić information content (AvgIpc) is 2.89. The number of urea groups is 1. The van der Waals surface area contributed by atoms with Gasteiger partial charge in [0.15, 0.2) is 0 Å². The first kappa shape index (κ1) is 18.0. The second-order valence-corrected chi connectivity index (χ2v) is 7.98. The normalized spacial score (nSPS) is 20.1. The maximum Gasteiger partial charge on any atom is 0.315 e. The van der Waals surface area contributed by atoms with Gasteiger partial charge in [0.05, 0.1) is 0 Å². The summed E-state index contributed by atoms with van der Waals surface area (Å²) in [5.74, 6) is 1.04. The summed E-state index contributed by atoms with van der Waals surface area (Å²) in [4.78, 5) is 19.0. The Labute approximate surface area is 151 Å². The fourth-order valence-electron chi connectivity index (χ4n) is 3.99. The van der Waals surface area contributed by atoms with Crippen LogP contribution in [0, 0.1) is 5.41 Å². The van der Waals surface area contributed by atoms with Crippen molar-refractivity contribution in [2.24, 2.45) is 5.41 Å². The van der Waals surface area contributed by atoms with Gasteiger partial charge >= 0.3 is 6.03 Å². The summed E-state index contributed by atoms with van der Waals surface area (Å²) in [7, 11) is 0. The molecule has 0 aromatic carbocycles. The minimum atomic E-state index is -0.0683. The minimum Gasteiger partial charge on any atom is -0.357 e. The van der Waals surface area contributed by atoms with Gasteiger partial charge in [-0.3, -0.25) is 0 Å². The van der Waals surface area contributed by atoms with Gasteiger partial charge in [-0.05, 0) is 48.8 Å². The number of anilines is 1. The summed E-state index contributed by atoms with van der Waals surface area (Å²) < 4.78 is 0. The summed E-state index contributed by atoms with van der Waals surface area (Å²) in [6, 6.07) is 4.03. The number of nitrogens with zero attached hydrogens (tertiary/aromatic N) is 2. The predicted molar refractivity (Wildman–Crippen MR) is 102 cm³/mol. The van der Waals surface area contributed by atoms with Gasteiger partial charge in [-0.25, -0.2) is 9.78 Å². The van der Waals surface area contributed by atoms with Gasteiger partial charge in [-0.15, -0.1) is 0 Å². The molecule has 138 valence electrons. The van der Waals surface area contributed by atoms with E-state index in [0.717, 1.165) is 31.0 Å². The van der Waals surface area contributed by atoms with Gasteiger partial charge in [0, 0.05) is 32.4 Å². The van der Waals surface area contributed by atoms with E-state index in [1.165, 1.54) is 51.4 Å². The van der Waals surface area contributed by atoms with Gasteiger partial charge in [0.1, 0.15) is 5.82 Å². The molecule has 1 saturated carbocycles. The van der Waals surface area contributed by atoms with Crippen LogP contribution >= 0.6 is 0 Å². The fourth-order valence-corrected chi connectivity index (χ4v) is 3.99. The number of hydrogen-bond donors (Lipinski definition) is 2. The smallest absolute Gasteiger partial charge is 0.315 e. The number of rotatable bonds is 5. The predicted octanol–water partition coefficient (Wildman–Crippen LogP) is 3.84. The Kier molecular flexibility index (Phi) is 6.16. The highest BCUT2D eigenvalue weighted by Crippen LogP contribution is 2.36. The molecule has 1 saturated heterocycles. The Morgan fingerprint density at radius 1 is 1.12 bits per heavy atom. The number of hydrogen-bond acceptors (Lipinski definition) is 3. The van der Waals surface area contributed by atoms with Crippen LogP contribution in [0.4, 0.5) is 10.6 Å². The highest BCUT2D eigenvalue weighted by atomic mass is 16.2. The third kappa shape index (κ3) is 5.35. The summed E-state index contributed by atoms with van der Waals surface area (Å²) in [6.45, 7) is 5.77. The van der Waals surface area contributed by atoms with Crippen molar-refractivity contribution in [2.75, 3.05) is 24.5 Å². The fraction of sp³-hybridized carbons (Fsp3) is 0.700. The van der Waals surface area contributed by atoms with Crippen molar-refractivity contribution in [1.82, 2.24) is 15.6 Å². The Balaban J connectivity index is 1.47. The molecule has 0 bridgehead atoms. The first-order chi connectivity index (χ1) is 12.1. The second kappa shape index (κ2) is 8.54. The lowest BCUT2D eigenvalue weighted by Crippen LogP contribution is -2.40. The zero-order valence-corrected chi connectivity index (χ0v) is 15.5. The van der Waals surface area contributed by atoms with Crippen LogP contribution in [0.1, 0.15) is 63.9 Å². The van der Waals surface area contributed by atoms with Crippen LogP contribution in [0.15, 0.2) is 18.3 Å². The molecule has 3 rings (SSSR count). The van der Waals surface area contributed by atoms with Crippen LogP contribution in [0.3, 0.4) is 0 Å². The van der Waals surface area contributed by atoms with E-state index in [-0.39, 0.29) is 11.4 Å². The first-order valence-electron chi connectivity index (χ1n) is 9.86. The molecular formula is C20H32N4O. The van der Waals surface area contributed by atoms with E-state index in [1.807, 2.05) is 12.3 Å². The number of carbonyl (C=O) groups excluding carboxylic acids is 1. The highest BCUT2D eigenvalue weighted by Gasteiger charge is 2.28. The molecule has 1 aromatic rings. The largest absolute Gasteiger partial charge is 0.357 e. The molecular weight excluding hydrogens is 312 g/mol. The van der Waals surface area contributed by atoms with E-state index < -0.39 is 0 Å². The summed E-state index contributed by atoms with van der Waals surface area (Å²) in [5.41, 5.74) is 1.39. The van der Waals surface area contributed by atoms with Gasteiger partial charge in [-0.1, -0.05) is 32.6 Å². The van der Waals surface area contributed by atoms with Crippen molar-refractivity contribution < 1.29 is 4.79 Å². The molecule has 2 fully saturated rings. The zero-order valence-electron chi connectivity index (χ0n) is 15.5. The van der Waals surface area contributed by atoms with Gasteiger partial charge in [-0.2, -0.15) is 0 Å². The minimum absolute atomic E-state index is 0.0683. The van der Waals surface area contributed by atoms with Gasteiger partial charge in [0.2, 0.25) is 0 Å². The summed E-state index contributed by atoms with van der Waals surface area (Å²) in [5, 5.41) is 6.03. The molecule has 2 N–H and O–H groups in total. The van der Waals surface area contributed by atoms with Crippen LogP contribution in [0.5, 0.6) is 0 Å². The van der Waals surface area contributed by atoms with Crippen molar-refractivity contribution >= 4 is 11.8 Å². The Morgan fingerprint density at radius 3 is 2.56 bits per heavy atom. The molecule has 1 aromatic heterocycles. The van der Waals surface area contributed by atoms with Crippen LogP contribution in [0.25, 0.3) is 0 Å². The molecule has 0 radical (unpaired) electrons. The van der Waals surface area contributed by atoms with Crippen molar-refractivity contribution in [3.8, 4) is 0 Å². The Hall–Kier alpha value is -1.78. The van der Waals surface area contributed by atoms with Crippen LogP contribution < -0.4 is 15.5 Å². The lowest BCUT2D eigenvalue weighted by atomic mass is 9.89. The molecule has 0 spiro atoms. The van der Waals surface area contributed by atoms with E-state index >= 15 is 0 Å². The summed E-state index contributed by atoms with van der Waals surface area (Å²) >= 11 is 0. The number of pyridine rings is 1. The number of amides is 2. The standard InChI is InChI=1S/C20H32N4O/c1-20(9-4-5-10-20)16-23-19(25)22-15-17-8-11-21-18(14-17)24-12-6-2-3-7-13-24/h8,11,14H,2-7,9-10,12-13,15-16H2,1H3,(H2,22,23,25). The van der Waals surface area contributed by atoms with E-state index in [1.54, 1.807) is 0 Å². The molecule has 2 aliphatic rings. The van der Waals surface area contributed by atoms with Crippen molar-refractivity contribution in [2.45, 2.75) is 64.8 Å². The molecule has 0 unspecified atom stereocenters. The van der Waals surface area contributed by atoms with Crippen molar-refractivity contribution in [3.63, 3.8) is 0 Å². The van der Waals surface area contributed by atoms with Crippen LogP contribution in [-0.2, 0) is 6.54 Å².